The monoisotopic (exact) mass is 128 g/mol. The van der Waals surface area contributed by atoms with Crippen LogP contribution in [0, 0.1) is 11.3 Å². The molecule has 3 heteroatoms. The van der Waals surface area contributed by atoms with Crippen LogP contribution in [-0.4, -0.2) is 19.3 Å². The van der Waals surface area contributed by atoms with Gasteiger partial charge in [0.05, 0.1) is 12.7 Å². The smallest absolute Gasteiger partial charge is 0.133 e. The Balaban J connectivity index is 2.99. The summed E-state index contributed by atoms with van der Waals surface area (Å²) in [6.45, 7) is 2.62. The van der Waals surface area contributed by atoms with Gasteiger partial charge < -0.3 is 10.5 Å². The van der Waals surface area contributed by atoms with Crippen molar-refractivity contribution < 1.29 is 4.74 Å². The van der Waals surface area contributed by atoms with Crippen LogP contribution in [0.2, 0.25) is 0 Å². The summed E-state index contributed by atoms with van der Waals surface area (Å²) in [4.78, 5) is 0. The van der Waals surface area contributed by atoms with Gasteiger partial charge in [-0.25, -0.2) is 0 Å². The quantitative estimate of drug-likeness (QED) is 0.552. The van der Waals surface area contributed by atoms with Crippen LogP contribution >= 0.6 is 0 Å². The lowest BCUT2D eigenvalue weighted by molar-refractivity contribution is 0.149. The van der Waals surface area contributed by atoms with Gasteiger partial charge in [-0.1, -0.05) is 6.92 Å². The maximum Gasteiger partial charge on any atom is 0.133 e. The minimum Gasteiger partial charge on any atom is -0.365 e. The number of nitriles is 1. The van der Waals surface area contributed by atoms with E-state index in [4.69, 9.17) is 15.7 Å². The predicted molar refractivity (Wildman–Crippen MR) is 34.7 cm³/mol. The van der Waals surface area contributed by atoms with Crippen molar-refractivity contribution in [3.05, 3.63) is 0 Å². The van der Waals surface area contributed by atoms with Gasteiger partial charge in [0.1, 0.15) is 6.61 Å². The summed E-state index contributed by atoms with van der Waals surface area (Å²) in [6, 6.07) is 1.95. The van der Waals surface area contributed by atoms with Crippen LogP contribution in [0.4, 0.5) is 0 Å². The van der Waals surface area contributed by atoms with Crippen molar-refractivity contribution in [3.8, 4) is 6.07 Å². The highest BCUT2D eigenvalue weighted by molar-refractivity contribution is 4.67. The first-order valence-corrected chi connectivity index (χ1v) is 3.01. The Morgan fingerprint density at radius 1 is 1.78 bits per heavy atom. The van der Waals surface area contributed by atoms with Crippen molar-refractivity contribution in [1.82, 2.24) is 0 Å². The number of ether oxygens (including phenoxy) is 1. The fourth-order valence-electron chi connectivity index (χ4n) is 0.374. The Bertz CT molecular complexity index is 97.7. The lowest BCUT2D eigenvalue weighted by atomic mass is 10.3. The molecule has 0 rings (SSSR count). The third-order valence-electron chi connectivity index (χ3n) is 1.02. The minimum atomic E-state index is 0.0818. The molecule has 0 aromatic rings. The highest BCUT2D eigenvalue weighted by atomic mass is 16.5. The predicted octanol–water partition coefficient (Wildman–Crippen LogP) is 0.264. The standard InChI is InChI=1S/C6H12N2O/c1-2-6(8)5-9-4-3-7/h6H,2,4-5,8H2,1H3. The van der Waals surface area contributed by atoms with Gasteiger partial charge in [0.25, 0.3) is 0 Å². The van der Waals surface area contributed by atoms with E-state index in [1.54, 1.807) is 0 Å². The van der Waals surface area contributed by atoms with Crippen molar-refractivity contribution in [3.63, 3.8) is 0 Å². The van der Waals surface area contributed by atoms with E-state index in [0.717, 1.165) is 6.42 Å². The molecular weight excluding hydrogens is 116 g/mol. The zero-order valence-electron chi connectivity index (χ0n) is 5.63. The SMILES string of the molecule is CCC(N)COCC#N. The van der Waals surface area contributed by atoms with Crippen LogP contribution < -0.4 is 5.73 Å². The molecule has 0 saturated heterocycles. The van der Waals surface area contributed by atoms with Gasteiger partial charge in [-0.2, -0.15) is 5.26 Å². The third kappa shape index (κ3) is 5.28. The molecule has 0 saturated carbocycles. The van der Waals surface area contributed by atoms with Gasteiger partial charge in [-0.15, -0.1) is 0 Å². The van der Waals surface area contributed by atoms with E-state index in [1.165, 1.54) is 0 Å². The highest BCUT2D eigenvalue weighted by Crippen LogP contribution is 1.85. The van der Waals surface area contributed by atoms with E-state index < -0.39 is 0 Å². The minimum absolute atomic E-state index is 0.0818. The van der Waals surface area contributed by atoms with Gasteiger partial charge in [-0.05, 0) is 6.42 Å². The molecular formula is C6H12N2O. The van der Waals surface area contributed by atoms with E-state index >= 15 is 0 Å². The average Bonchev–Trinajstić information content (AvgIpc) is 1.89. The molecule has 1 unspecified atom stereocenters. The van der Waals surface area contributed by atoms with Crippen LogP contribution in [0.5, 0.6) is 0 Å². The molecule has 0 bridgehead atoms. The Morgan fingerprint density at radius 3 is 2.89 bits per heavy atom. The first kappa shape index (κ1) is 8.41. The lowest BCUT2D eigenvalue weighted by Gasteiger charge is -2.05. The number of nitrogens with zero attached hydrogens (tertiary/aromatic N) is 1. The molecule has 9 heavy (non-hydrogen) atoms. The van der Waals surface area contributed by atoms with Crippen molar-refractivity contribution in [2.75, 3.05) is 13.2 Å². The summed E-state index contributed by atoms with van der Waals surface area (Å²) in [5.41, 5.74) is 5.48. The first-order valence-electron chi connectivity index (χ1n) is 3.01. The van der Waals surface area contributed by atoms with E-state index in [2.05, 4.69) is 0 Å². The van der Waals surface area contributed by atoms with E-state index in [1.807, 2.05) is 13.0 Å². The Morgan fingerprint density at radius 2 is 2.44 bits per heavy atom. The number of hydrogen-bond donors (Lipinski definition) is 1. The molecule has 0 aliphatic heterocycles. The third-order valence-corrected chi connectivity index (χ3v) is 1.02. The summed E-state index contributed by atoms with van der Waals surface area (Å²) < 4.78 is 4.85. The molecule has 0 aromatic carbocycles. The molecule has 0 spiro atoms. The Hall–Kier alpha value is -0.590. The molecule has 0 amide bonds. The molecule has 0 radical (unpaired) electrons. The van der Waals surface area contributed by atoms with Crippen molar-refractivity contribution >= 4 is 0 Å². The van der Waals surface area contributed by atoms with Gasteiger partial charge in [0, 0.05) is 6.04 Å². The maximum atomic E-state index is 8.04. The molecule has 3 nitrogen and oxygen atoms in total. The summed E-state index contributed by atoms with van der Waals surface area (Å²) in [5.74, 6) is 0. The van der Waals surface area contributed by atoms with Crippen LogP contribution in [0.3, 0.4) is 0 Å². The highest BCUT2D eigenvalue weighted by Gasteiger charge is 1.96. The second-order valence-corrected chi connectivity index (χ2v) is 1.84. The van der Waals surface area contributed by atoms with Crippen LogP contribution in [0.25, 0.3) is 0 Å². The number of nitrogens with two attached hydrogens (primary N) is 1. The van der Waals surface area contributed by atoms with Gasteiger partial charge in [0.15, 0.2) is 0 Å². The number of rotatable bonds is 4. The van der Waals surface area contributed by atoms with Crippen LogP contribution in [0.1, 0.15) is 13.3 Å². The fourth-order valence-corrected chi connectivity index (χ4v) is 0.374. The second kappa shape index (κ2) is 5.54. The molecule has 0 aliphatic rings. The van der Waals surface area contributed by atoms with Crippen LogP contribution in [0.15, 0.2) is 0 Å². The molecule has 0 aromatic heterocycles. The maximum absolute atomic E-state index is 8.04. The second-order valence-electron chi connectivity index (χ2n) is 1.84. The van der Waals surface area contributed by atoms with Crippen molar-refractivity contribution in [2.45, 2.75) is 19.4 Å². The molecule has 0 heterocycles. The first-order chi connectivity index (χ1) is 4.31. The molecule has 0 aliphatic carbocycles. The molecule has 2 N–H and O–H groups in total. The topological polar surface area (TPSA) is 59.0 Å². The van der Waals surface area contributed by atoms with E-state index in [9.17, 15) is 0 Å². The van der Waals surface area contributed by atoms with E-state index in [-0.39, 0.29) is 12.6 Å². The zero-order chi connectivity index (χ0) is 7.11. The van der Waals surface area contributed by atoms with Crippen molar-refractivity contribution in [2.24, 2.45) is 5.73 Å². The summed E-state index contributed by atoms with van der Waals surface area (Å²) in [5, 5.41) is 8.04. The molecule has 0 fully saturated rings. The Kier molecular flexibility index (Phi) is 5.18. The van der Waals surface area contributed by atoms with Crippen molar-refractivity contribution in [1.29, 1.82) is 5.26 Å². The van der Waals surface area contributed by atoms with Gasteiger partial charge in [-0.3, -0.25) is 0 Å². The van der Waals surface area contributed by atoms with Crippen LogP contribution in [-0.2, 0) is 4.74 Å². The summed E-state index contributed by atoms with van der Waals surface area (Å²) in [6.07, 6.45) is 0.894. The summed E-state index contributed by atoms with van der Waals surface area (Å²) in [7, 11) is 0. The fraction of sp³-hybridized carbons (Fsp3) is 0.833. The molecule has 1 atom stereocenters. The molecule has 52 valence electrons. The van der Waals surface area contributed by atoms with E-state index in [0.29, 0.717) is 6.61 Å². The number of hydrogen-bond acceptors (Lipinski definition) is 3. The van der Waals surface area contributed by atoms with Gasteiger partial charge >= 0.3 is 0 Å². The largest absolute Gasteiger partial charge is 0.365 e. The Labute approximate surface area is 55.4 Å². The zero-order valence-corrected chi connectivity index (χ0v) is 5.63. The summed E-state index contributed by atoms with van der Waals surface area (Å²) >= 11 is 0. The normalized spacial score (nSPS) is 12.6. The average molecular weight is 128 g/mol. The lowest BCUT2D eigenvalue weighted by Crippen LogP contribution is -2.24. The van der Waals surface area contributed by atoms with Gasteiger partial charge in [0.2, 0.25) is 0 Å².